The fourth-order valence-corrected chi connectivity index (χ4v) is 1.49. The molecule has 0 fully saturated rings. The third-order valence-electron chi connectivity index (χ3n) is 2.14. The normalized spacial score (nSPS) is 12.3. The molecule has 1 unspecified atom stereocenters. The molecule has 0 aliphatic rings. The minimum absolute atomic E-state index is 0.272. The maximum atomic E-state index is 9.77. The number of H-pyrrole nitrogens is 1. The molecule has 1 heterocycles. The minimum atomic E-state index is -0.715. The Morgan fingerprint density at radius 3 is 2.75 bits per heavy atom. The number of aliphatic hydroxyl groups is 1. The molecule has 0 spiro atoms. The van der Waals surface area contributed by atoms with Gasteiger partial charge in [0.05, 0.1) is 0 Å². The van der Waals surface area contributed by atoms with Crippen LogP contribution in [-0.2, 0) is 0 Å². The number of hydrogen-bond acceptors (Lipinski definition) is 4. The fourth-order valence-electron chi connectivity index (χ4n) is 1.33. The SMILES string of the molecule is OC(CNc1ccccc1)c1c[nH]c(=S)o1. The lowest BCUT2D eigenvalue weighted by Crippen LogP contribution is -2.11. The molecule has 4 nitrogen and oxygen atoms in total. The van der Waals surface area contributed by atoms with Crippen LogP contribution in [0.3, 0.4) is 0 Å². The number of rotatable bonds is 4. The van der Waals surface area contributed by atoms with Crippen LogP contribution >= 0.6 is 12.2 Å². The van der Waals surface area contributed by atoms with Crippen molar-refractivity contribution in [3.05, 3.63) is 47.1 Å². The molecule has 84 valence electrons. The number of hydrogen-bond donors (Lipinski definition) is 3. The predicted octanol–water partition coefficient (Wildman–Crippen LogP) is 2.48. The van der Waals surface area contributed by atoms with Gasteiger partial charge in [0.2, 0.25) is 0 Å². The van der Waals surface area contributed by atoms with Crippen molar-refractivity contribution >= 4 is 17.9 Å². The number of aromatic nitrogens is 1. The molecule has 0 radical (unpaired) electrons. The highest BCUT2D eigenvalue weighted by atomic mass is 32.1. The quantitative estimate of drug-likeness (QED) is 0.714. The first-order valence-electron chi connectivity index (χ1n) is 4.91. The average Bonchev–Trinajstić information content (AvgIpc) is 2.74. The molecule has 0 saturated carbocycles. The average molecular weight is 236 g/mol. The van der Waals surface area contributed by atoms with E-state index in [4.69, 9.17) is 16.6 Å². The van der Waals surface area contributed by atoms with Gasteiger partial charge in [-0.2, -0.15) is 0 Å². The van der Waals surface area contributed by atoms with Crippen molar-refractivity contribution in [1.82, 2.24) is 4.98 Å². The van der Waals surface area contributed by atoms with E-state index in [9.17, 15) is 5.11 Å². The first-order chi connectivity index (χ1) is 7.75. The highest BCUT2D eigenvalue weighted by Crippen LogP contribution is 2.14. The van der Waals surface area contributed by atoms with Crippen LogP contribution in [0.15, 0.2) is 40.9 Å². The van der Waals surface area contributed by atoms with E-state index in [1.54, 1.807) is 6.20 Å². The van der Waals surface area contributed by atoms with E-state index in [1.165, 1.54) is 0 Å². The van der Waals surface area contributed by atoms with E-state index < -0.39 is 6.10 Å². The molecule has 0 aliphatic heterocycles. The Morgan fingerprint density at radius 1 is 1.38 bits per heavy atom. The number of anilines is 1. The van der Waals surface area contributed by atoms with Gasteiger partial charge >= 0.3 is 0 Å². The summed E-state index contributed by atoms with van der Waals surface area (Å²) < 4.78 is 5.10. The largest absolute Gasteiger partial charge is 0.432 e. The number of benzene rings is 1. The molecule has 0 amide bonds. The summed E-state index contributed by atoms with van der Waals surface area (Å²) in [6.45, 7) is 0.375. The van der Waals surface area contributed by atoms with Gasteiger partial charge in [-0.3, -0.25) is 0 Å². The summed E-state index contributed by atoms with van der Waals surface area (Å²) in [5.41, 5.74) is 0.954. The fraction of sp³-hybridized carbons (Fsp3) is 0.182. The molecule has 1 aromatic carbocycles. The lowest BCUT2D eigenvalue weighted by Gasteiger charge is -2.09. The van der Waals surface area contributed by atoms with Crippen LogP contribution in [-0.4, -0.2) is 16.6 Å². The maximum absolute atomic E-state index is 9.77. The second-order valence-corrected chi connectivity index (χ2v) is 3.71. The summed E-state index contributed by atoms with van der Waals surface area (Å²) >= 11 is 4.78. The molecule has 1 atom stereocenters. The van der Waals surface area contributed by atoms with Crippen LogP contribution in [0.2, 0.25) is 0 Å². The lowest BCUT2D eigenvalue weighted by molar-refractivity contribution is 0.161. The Balaban J connectivity index is 1.94. The van der Waals surface area contributed by atoms with Gasteiger partial charge in [0.1, 0.15) is 6.10 Å². The third-order valence-corrected chi connectivity index (χ3v) is 2.35. The van der Waals surface area contributed by atoms with Crippen molar-refractivity contribution in [2.24, 2.45) is 0 Å². The Bertz CT molecular complexity index is 492. The standard InChI is InChI=1S/C11H12N2O2S/c14-9(10-7-13-11(16)15-10)6-12-8-4-2-1-3-5-8/h1-5,7,9,12,14H,6H2,(H,13,16). The van der Waals surface area contributed by atoms with Crippen LogP contribution in [0, 0.1) is 4.84 Å². The van der Waals surface area contributed by atoms with Crippen LogP contribution in [0.25, 0.3) is 0 Å². The molecule has 2 rings (SSSR count). The van der Waals surface area contributed by atoms with Crippen molar-refractivity contribution < 1.29 is 9.52 Å². The van der Waals surface area contributed by atoms with E-state index in [0.717, 1.165) is 5.69 Å². The zero-order chi connectivity index (χ0) is 11.4. The molecule has 0 saturated heterocycles. The van der Waals surface area contributed by atoms with Gasteiger partial charge in [-0.25, -0.2) is 0 Å². The first kappa shape index (κ1) is 10.9. The Kier molecular flexibility index (Phi) is 3.38. The zero-order valence-corrected chi connectivity index (χ0v) is 9.33. The molecule has 0 aliphatic carbocycles. The van der Waals surface area contributed by atoms with Gasteiger partial charge < -0.3 is 19.8 Å². The summed E-state index contributed by atoms with van der Waals surface area (Å²) in [6.07, 6.45) is 0.854. The van der Waals surface area contributed by atoms with Gasteiger partial charge in [-0.1, -0.05) is 18.2 Å². The van der Waals surface area contributed by atoms with Crippen molar-refractivity contribution in [2.45, 2.75) is 6.10 Å². The van der Waals surface area contributed by atoms with Crippen molar-refractivity contribution in [1.29, 1.82) is 0 Å². The summed E-state index contributed by atoms with van der Waals surface area (Å²) in [6, 6.07) is 9.65. The number of oxazole rings is 1. The minimum Gasteiger partial charge on any atom is -0.432 e. The lowest BCUT2D eigenvalue weighted by atomic mass is 10.2. The summed E-state index contributed by atoms with van der Waals surface area (Å²) in [4.78, 5) is 2.98. The van der Waals surface area contributed by atoms with E-state index >= 15 is 0 Å². The zero-order valence-electron chi connectivity index (χ0n) is 8.51. The molecular formula is C11H12N2O2S. The third kappa shape index (κ3) is 2.71. The van der Waals surface area contributed by atoms with Gasteiger partial charge in [0, 0.05) is 18.4 Å². The van der Waals surface area contributed by atoms with Crippen LogP contribution in [0.4, 0.5) is 5.69 Å². The van der Waals surface area contributed by atoms with Crippen molar-refractivity contribution in [3.8, 4) is 0 Å². The summed E-state index contributed by atoms with van der Waals surface area (Å²) in [7, 11) is 0. The first-order valence-corrected chi connectivity index (χ1v) is 5.32. The molecule has 5 heteroatoms. The van der Waals surface area contributed by atoms with Crippen molar-refractivity contribution in [2.75, 3.05) is 11.9 Å². The molecule has 2 aromatic rings. The van der Waals surface area contributed by atoms with Gasteiger partial charge in [0.25, 0.3) is 4.84 Å². The highest BCUT2D eigenvalue weighted by molar-refractivity contribution is 7.71. The van der Waals surface area contributed by atoms with Crippen LogP contribution in [0.5, 0.6) is 0 Å². The Hall–Kier alpha value is -1.59. The van der Waals surface area contributed by atoms with E-state index in [0.29, 0.717) is 12.3 Å². The topological polar surface area (TPSA) is 61.2 Å². The number of nitrogens with one attached hydrogen (secondary N) is 2. The maximum Gasteiger partial charge on any atom is 0.266 e. The molecule has 3 N–H and O–H groups in total. The number of aliphatic hydroxyl groups excluding tert-OH is 1. The molecule has 0 bridgehead atoms. The van der Waals surface area contributed by atoms with Crippen molar-refractivity contribution in [3.63, 3.8) is 0 Å². The monoisotopic (exact) mass is 236 g/mol. The highest BCUT2D eigenvalue weighted by Gasteiger charge is 2.10. The van der Waals surface area contributed by atoms with Crippen LogP contribution < -0.4 is 5.32 Å². The van der Waals surface area contributed by atoms with E-state index in [1.807, 2.05) is 30.3 Å². The number of para-hydroxylation sites is 1. The predicted molar refractivity (Wildman–Crippen MR) is 63.8 cm³/mol. The van der Waals surface area contributed by atoms with Crippen LogP contribution in [0.1, 0.15) is 11.9 Å². The van der Waals surface area contributed by atoms with E-state index in [2.05, 4.69) is 10.3 Å². The smallest absolute Gasteiger partial charge is 0.266 e. The molecular weight excluding hydrogens is 224 g/mol. The summed E-state index contributed by atoms with van der Waals surface area (Å²) in [5.74, 6) is 0.438. The second kappa shape index (κ2) is 4.96. The van der Waals surface area contributed by atoms with Gasteiger partial charge in [-0.05, 0) is 24.4 Å². The Labute approximate surface area is 97.9 Å². The molecule has 1 aromatic heterocycles. The van der Waals surface area contributed by atoms with Gasteiger partial charge in [-0.15, -0.1) is 0 Å². The number of aromatic amines is 1. The summed E-state index contributed by atoms with van der Waals surface area (Å²) in [5, 5.41) is 12.9. The van der Waals surface area contributed by atoms with E-state index in [-0.39, 0.29) is 4.84 Å². The Morgan fingerprint density at radius 2 is 2.12 bits per heavy atom. The van der Waals surface area contributed by atoms with Gasteiger partial charge in [0.15, 0.2) is 5.76 Å². The molecule has 16 heavy (non-hydrogen) atoms. The second-order valence-electron chi connectivity index (χ2n) is 3.34.